The van der Waals surface area contributed by atoms with Gasteiger partial charge in [-0.2, -0.15) is 0 Å². The van der Waals surface area contributed by atoms with Crippen molar-refractivity contribution in [2.45, 2.75) is 25.2 Å². The summed E-state index contributed by atoms with van der Waals surface area (Å²) in [5, 5.41) is 3.09. The first kappa shape index (κ1) is 20.0. The molecule has 1 N–H and O–H groups in total. The number of nitrogens with zero attached hydrogens (tertiary/aromatic N) is 2. The van der Waals surface area contributed by atoms with E-state index in [-0.39, 0.29) is 23.8 Å². The monoisotopic (exact) mass is 383 g/mol. The summed E-state index contributed by atoms with van der Waals surface area (Å²) in [7, 11) is 3.51. The summed E-state index contributed by atoms with van der Waals surface area (Å²) in [6.45, 7) is 1.86. The molecule has 1 aliphatic rings. The maximum atomic E-state index is 12.6. The maximum Gasteiger partial charge on any atom is 0.319 e. The predicted octanol–water partition coefficient (Wildman–Crippen LogP) is 3.31. The third-order valence-electron chi connectivity index (χ3n) is 5.34. The molecule has 1 aliphatic heterocycles. The Kier molecular flexibility index (Phi) is 6.74. The van der Waals surface area contributed by atoms with Gasteiger partial charge in [0.2, 0.25) is 5.91 Å². The van der Waals surface area contributed by atoms with E-state index in [4.69, 9.17) is 4.42 Å². The number of furan rings is 1. The zero-order chi connectivity index (χ0) is 19.9. The van der Waals surface area contributed by atoms with Gasteiger partial charge in [-0.1, -0.05) is 30.3 Å². The van der Waals surface area contributed by atoms with Crippen LogP contribution in [0.4, 0.5) is 4.79 Å². The lowest BCUT2D eigenvalue weighted by molar-refractivity contribution is -0.126. The lowest BCUT2D eigenvalue weighted by Crippen LogP contribution is -2.46. The molecular weight excluding hydrogens is 354 g/mol. The standard InChI is InChI=1S/C22H29N3O3/c1-24(2)22(27)25-14-11-18(12-15-25)21(26)23-13-10-19(20-9-6-16-28-20)17-7-4-3-5-8-17/h3-9,16,18-19H,10-15H2,1-2H3,(H,23,26)/t19-/m0/s1. The molecule has 6 heteroatoms. The number of carbonyl (C=O) groups is 2. The van der Waals surface area contributed by atoms with E-state index in [1.165, 1.54) is 5.56 Å². The molecule has 0 bridgehead atoms. The van der Waals surface area contributed by atoms with Gasteiger partial charge in [0.15, 0.2) is 0 Å². The highest BCUT2D eigenvalue weighted by Gasteiger charge is 2.28. The Morgan fingerprint density at radius 1 is 1.14 bits per heavy atom. The van der Waals surface area contributed by atoms with Gasteiger partial charge < -0.3 is 19.5 Å². The van der Waals surface area contributed by atoms with Crippen LogP contribution >= 0.6 is 0 Å². The SMILES string of the molecule is CN(C)C(=O)N1CCC(C(=O)NCC[C@@H](c2ccccc2)c2ccco2)CC1. The molecule has 1 aromatic carbocycles. The van der Waals surface area contributed by atoms with E-state index in [2.05, 4.69) is 17.4 Å². The zero-order valence-corrected chi connectivity index (χ0v) is 16.6. The number of hydrogen-bond donors (Lipinski definition) is 1. The number of carbonyl (C=O) groups excluding carboxylic acids is 2. The number of hydrogen-bond acceptors (Lipinski definition) is 3. The Hall–Kier alpha value is -2.76. The Morgan fingerprint density at radius 3 is 2.46 bits per heavy atom. The molecular formula is C22H29N3O3. The highest BCUT2D eigenvalue weighted by molar-refractivity contribution is 5.79. The minimum absolute atomic E-state index is 0.0167. The Labute approximate surface area is 166 Å². The summed E-state index contributed by atoms with van der Waals surface area (Å²) in [5.41, 5.74) is 1.18. The quantitative estimate of drug-likeness (QED) is 0.832. The number of nitrogens with one attached hydrogen (secondary N) is 1. The second-order valence-electron chi connectivity index (χ2n) is 7.50. The third kappa shape index (κ3) is 4.94. The Morgan fingerprint density at radius 2 is 1.86 bits per heavy atom. The summed E-state index contributed by atoms with van der Waals surface area (Å²) in [5.74, 6) is 1.10. The smallest absolute Gasteiger partial charge is 0.319 e. The van der Waals surface area contributed by atoms with Crippen LogP contribution in [0.25, 0.3) is 0 Å². The highest BCUT2D eigenvalue weighted by Crippen LogP contribution is 2.28. The van der Waals surface area contributed by atoms with Gasteiger partial charge in [-0.05, 0) is 37.0 Å². The molecule has 0 aliphatic carbocycles. The third-order valence-corrected chi connectivity index (χ3v) is 5.34. The van der Waals surface area contributed by atoms with Crippen LogP contribution in [0.1, 0.15) is 36.5 Å². The second-order valence-corrected chi connectivity index (χ2v) is 7.50. The van der Waals surface area contributed by atoms with Gasteiger partial charge in [-0.15, -0.1) is 0 Å². The fourth-order valence-electron chi connectivity index (χ4n) is 3.75. The molecule has 3 rings (SSSR count). The molecule has 150 valence electrons. The van der Waals surface area contributed by atoms with Crippen molar-refractivity contribution in [3.8, 4) is 0 Å². The largest absolute Gasteiger partial charge is 0.469 e. The molecule has 0 radical (unpaired) electrons. The number of likely N-dealkylation sites (tertiary alicyclic amines) is 1. The molecule has 6 nitrogen and oxygen atoms in total. The summed E-state index contributed by atoms with van der Waals surface area (Å²) in [6.07, 6.45) is 3.89. The van der Waals surface area contributed by atoms with Crippen molar-refractivity contribution >= 4 is 11.9 Å². The molecule has 1 fully saturated rings. The summed E-state index contributed by atoms with van der Waals surface area (Å²) in [4.78, 5) is 28.0. The molecule has 2 heterocycles. The van der Waals surface area contributed by atoms with Crippen molar-refractivity contribution in [1.82, 2.24) is 15.1 Å². The Bertz CT molecular complexity index is 751. The summed E-state index contributed by atoms with van der Waals surface area (Å²) >= 11 is 0. The van der Waals surface area contributed by atoms with Gasteiger partial charge in [0.1, 0.15) is 5.76 Å². The first-order valence-corrected chi connectivity index (χ1v) is 9.88. The van der Waals surface area contributed by atoms with Crippen molar-refractivity contribution in [3.63, 3.8) is 0 Å². The second kappa shape index (κ2) is 9.44. The molecule has 1 aromatic heterocycles. The summed E-state index contributed by atoms with van der Waals surface area (Å²) < 4.78 is 5.62. The van der Waals surface area contributed by atoms with E-state index >= 15 is 0 Å². The minimum Gasteiger partial charge on any atom is -0.469 e. The fourth-order valence-corrected chi connectivity index (χ4v) is 3.75. The van der Waals surface area contributed by atoms with Crippen LogP contribution in [-0.4, -0.2) is 55.5 Å². The number of urea groups is 1. The molecule has 1 saturated heterocycles. The van der Waals surface area contributed by atoms with Gasteiger partial charge in [0.25, 0.3) is 0 Å². The van der Waals surface area contributed by atoms with Crippen LogP contribution in [0.3, 0.4) is 0 Å². The molecule has 2 aromatic rings. The molecule has 0 unspecified atom stereocenters. The highest BCUT2D eigenvalue weighted by atomic mass is 16.3. The first-order valence-electron chi connectivity index (χ1n) is 9.88. The van der Waals surface area contributed by atoms with Crippen LogP contribution in [0.2, 0.25) is 0 Å². The molecule has 3 amide bonds. The van der Waals surface area contributed by atoms with Crippen molar-refractivity contribution < 1.29 is 14.0 Å². The maximum absolute atomic E-state index is 12.6. The van der Waals surface area contributed by atoms with E-state index in [0.29, 0.717) is 32.5 Å². The van der Waals surface area contributed by atoms with Gasteiger partial charge in [-0.3, -0.25) is 4.79 Å². The molecule has 1 atom stereocenters. The van der Waals surface area contributed by atoms with E-state index in [9.17, 15) is 9.59 Å². The van der Waals surface area contributed by atoms with E-state index in [0.717, 1.165) is 12.2 Å². The van der Waals surface area contributed by atoms with Gasteiger partial charge in [0.05, 0.1) is 6.26 Å². The molecule has 0 spiro atoms. The predicted molar refractivity (Wildman–Crippen MR) is 108 cm³/mol. The minimum atomic E-state index is -0.0231. The number of rotatable bonds is 6. The molecule has 0 saturated carbocycles. The number of piperidine rings is 1. The normalized spacial score (nSPS) is 15.9. The number of amides is 3. The van der Waals surface area contributed by atoms with E-state index in [1.54, 1.807) is 25.3 Å². The van der Waals surface area contributed by atoms with Crippen LogP contribution in [0, 0.1) is 5.92 Å². The van der Waals surface area contributed by atoms with Crippen molar-refractivity contribution in [1.29, 1.82) is 0 Å². The van der Waals surface area contributed by atoms with Gasteiger partial charge >= 0.3 is 6.03 Å². The van der Waals surface area contributed by atoms with Crippen molar-refractivity contribution in [3.05, 3.63) is 60.1 Å². The fraction of sp³-hybridized carbons (Fsp3) is 0.455. The topological polar surface area (TPSA) is 65.8 Å². The average molecular weight is 383 g/mol. The van der Waals surface area contributed by atoms with Gasteiger partial charge in [-0.25, -0.2) is 4.79 Å². The number of benzene rings is 1. The van der Waals surface area contributed by atoms with Crippen LogP contribution in [0.5, 0.6) is 0 Å². The van der Waals surface area contributed by atoms with Crippen LogP contribution in [-0.2, 0) is 4.79 Å². The van der Waals surface area contributed by atoms with Crippen LogP contribution in [0.15, 0.2) is 53.1 Å². The lowest BCUT2D eigenvalue weighted by Gasteiger charge is -2.33. The van der Waals surface area contributed by atoms with Crippen molar-refractivity contribution in [2.75, 3.05) is 33.7 Å². The van der Waals surface area contributed by atoms with E-state index in [1.807, 2.05) is 35.2 Å². The lowest BCUT2D eigenvalue weighted by atomic mass is 9.92. The first-order chi connectivity index (χ1) is 13.6. The van der Waals surface area contributed by atoms with Crippen LogP contribution < -0.4 is 5.32 Å². The summed E-state index contributed by atoms with van der Waals surface area (Å²) in [6, 6.07) is 14.1. The average Bonchev–Trinajstić information content (AvgIpc) is 3.25. The Balaban J connectivity index is 1.50. The zero-order valence-electron chi connectivity index (χ0n) is 16.6. The van der Waals surface area contributed by atoms with Gasteiger partial charge in [0, 0.05) is 45.6 Å². The van der Waals surface area contributed by atoms with E-state index < -0.39 is 0 Å². The van der Waals surface area contributed by atoms with Crippen molar-refractivity contribution in [2.24, 2.45) is 5.92 Å². The molecule has 28 heavy (non-hydrogen) atoms.